The van der Waals surface area contributed by atoms with Crippen LogP contribution in [0.15, 0.2) is 32.9 Å². The van der Waals surface area contributed by atoms with Crippen LogP contribution in [-0.4, -0.2) is 8.42 Å². The molecule has 0 atom stereocenters. The van der Waals surface area contributed by atoms with E-state index in [9.17, 15) is 8.42 Å². The van der Waals surface area contributed by atoms with Gasteiger partial charge in [-0.25, -0.2) is 8.42 Å². The molecule has 1 aromatic carbocycles. The van der Waals surface area contributed by atoms with Crippen LogP contribution in [0.5, 0.6) is 0 Å². The highest BCUT2D eigenvalue weighted by atomic mass is 79.9. The number of benzene rings is 1. The summed E-state index contributed by atoms with van der Waals surface area (Å²) in [5, 5.41) is 0. The molecule has 0 saturated carbocycles. The van der Waals surface area contributed by atoms with Crippen LogP contribution in [0, 0.1) is 13.8 Å². The van der Waals surface area contributed by atoms with Crippen LogP contribution in [0.3, 0.4) is 0 Å². The average molecular weight is 375 g/mol. The highest BCUT2D eigenvalue weighted by Crippen LogP contribution is 2.32. The van der Waals surface area contributed by atoms with E-state index in [1.807, 2.05) is 19.9 Å². The predicted octanol–water partition coefficient (Wildman–Crippen LogP) is 3.39. The summed E-state index contributed by atoms with van der Waals surface area (Å²) >= 11 is 4.61. The molecule has 4 nitrogen and oxygen atoms in total. The largest absolute Gasteiger partial charge is 0.326 e. The summed E-state index contributed by atoms with van der Waals surface area (Å²) < 4.78 is 28.0. The molecule has 7 heteroatoms. The van der Waals surface area contributed by atoms with Gasteiger partial charge in [-0.05, 0) is 59.1 Å². The molecule has 20 heavy (non-hydrogen) atoms. The molecule has 0 unspecified atom stereocenters. The maximum Gasteiger partial charge on any atom is 0.263 e. The Morgan fingerprint density at radius 1 is 1.20 bits per heavy atom. The van der Waals surface area contributed by atoms with Crippen molar-refractivity contribution < 1.29 is 8.42 Å². The third-order valence-electron chi connectivity index (χ3n) is 2.67. The molecule has 3 N–H and O–H groups in total. The molecular weight excluding hydrogens is 360 g/mol. The van der Waals surface area contributed by atoms with Gasteiger partial charge in [-0.2, -0.15) is 0 Å². The second-order valence-corrected chi connectivity index (χ2v) is 8.64. The highest BCUT2D eigenvalue weighted by Gasteiger charge is 2.21. The first-order chi connectivity index (χ1) is 9.31. The molecule has 0 bridgehead atoms. The van der Waals surface area contributed by atoms with Gasteiger partial charge < -0.3 is 5.73 Å². The lowest BCUT2D eigenvalue weighted by Gasteiger charge is -2.09. The number of halogens is 1. The lowest BCUT2D eigenvalue weighted by atomic mass is 10.1. The molecule has 0 amide bonds. The number of aryl methyl sites for hydroxylation is 2. The standard InChI is InChI=1S/C13H15BrN2O2S2/c1-8-3-9(2)5-10(4-8)16-20(17,18)12-6-11(7-15)19-13(12)14/h3-6,16H,7,15H2,1-2H3. The Labute approximate surface area is 131 Å². The Morgan fingerprint density at radius 2 is 1.80 bits per heavy atom. The zero-order chi connectivity index (χ0) is 14.9. The molecule has 0 aliphatic heterocycles. The quantitative estimate of drug-likeness (QED) is 0.861. The molecule has 0 aliphatic rings. The van der Waals surface area contributed by atoms with Crippen LogP contribution >= 0.6 is 27.3 Å². The number of sulfonamides is 1. The maximum atomic E-state index is 12.4. The summed E-state index contributed by atoms with van der Waals surface area (Å²) in [6, 6.07) is 7.19. The molecule has 108 valence electrons. The normalized spacial score (nSPS) is 11.6. The Balaban J connectivity index is 2.37. The van der Waals surface area contributed by atoms with Crippen molar-refractivity contribution in [3.05, 3.63) is 44.1 Å². The first kappa shape index (κ1) is 15.5. The lowest BCUT2D eigenvalue weighted by Crippen LogP contribution is -2.13. The van der Waals surface area contributed by atoms with E-state index < -0.39 is 10.0 Å². The van der Waals surface area contributed by atoms with Gasteiger partial charge in [0.25, 0.3) is 10.0 Å². The molecule has 1 aromatic heterocycles. The van der Waals surface area contributed by atoms with Gasteiger partial charge in [0.1, 0.15) is 4.90 Å². The van der Waals surface area contributed by atoms with Gasteiger partial charge in [0.2, 0.25) is 0 Å². The van der Waals surface area contributed by atoms with Gasteiger partial charge in [-0.3, -0.25) is 4.72 Å². The number of rotatable bonds is 4. The second kappa shape index (κ2) is 5.85. The van der Waals surface area contributed by atoms with Gasteiger partial charge in [0, 0.05) is 17.1 Å². The van der Waals surface area contributed by atoms with Gasteiger partial charge in [0.05, 0.1) is 3.79 Å². The average Bonchev–Trinajstić information content (AvgIpc) is 2.69. The van der Waals surface area contributed by atoms with Crippen LogP contribution < -0.4 is 10.5 Å². The van der Waals surface area contributed by atoms with Gasteiger partial charge in [0.15, 0.2) is 0 Å². The fraction of sp³-hybridized carbons (Fsp3) is 0.231. The Morgan fingerprint density at radius 3 is 2.30 bits per heavy atom. The number of nitrogens with one attached hydrogen (secondary N) is 1. The fourth-order valence-corrected chi connectivity index (χ4v) is 5.53. The number of hydrogen-bond donors (Lipinski definition) is 2. The van der Waals surface area contributed by atoms with Gasteiger partial charge in [-0.15, -0.1) is 11.3 Å². The summed E-state index contributed by atoms with van der Waals surface area (Å²) in [5.41, 5.74) is 8.12. The van der Waals surface area contributed by atoms with E-state index in [0.29, 0.717) is 16.0 Å². The van der Waals surface area contributed by atoms with Gasteiger partial charge in [-0.1, -0.05) is 6.07 Å². The van der Waals surface area contributed by atoms with Gasteiger partial charge >= 0.3 is 0 Å². The lowest BCUT2D eigenvalue weighted by molar-refractivity contribution is 0.601. The van der Waals surface area contributed by atoms with Crippen molar-refractivity contribution in [2.45, 2.75) is 25.3 Å². The molecule has 0 spiro atoms. The SMILES string of the molecule is Cc1cc(C)cc(NS(=O)(=O)c2cc(CN)sc2Br)c1. The Hall–Kier alpha value is -0.890. The number of hydrogen-bond acceptors (Lipinski definition) is 4. The van der Waals surface area contributed by atoms with Crippen molar-refractivity contribution in [2.75, 3.05) is 4.72 Å². The van der Waals surface area contributed by atoms with E-state index in [0.717, 1.165) is 16.0 Å². The van der Waals surface area contributed by atoms with Crippen LogP contribution in [-0.2, 0) is 16.6 Å². The zero-order valence-electron chi connectivity index (χ0n) is 11.1. The molecule has 0 saturated heterocycles. The zero-order valence-corrected chi connectivity index (χ0v) is 14.3. The Bertz CT molecular complexity index is 719. The van der Waals surface area contributed by atoms with Crippen LogP contribution in [0.1, 0.15) is 16.0 Å². The summed E-state index contributed by atoms with van der Waals surface area (Å²) in [5.74, 6) is 0. The van der Waals surface area contributed by atoms with E-state index >= 15 is 0 Å². The van der Waals surface area contributed by atoms with Crippen molar-refractivity contribution in [3.63, 3.8) is 0 Å². The van der Waals surface area contributed by atoms with E-state index in [-0.39, 0.29) is 4.90 Å². The molecule has 2 rings (SSSR count). The van der Waals surface area contributed by atoms with Crippen LogP contribution in [0.25, 0.3) is 0 Å². The monoisotopic (exact) mass is 374 g/mol. The third kappa shape index (κ3) is 3.41. The van der Waals surface area contributed by atoms with Crippen LogP contribution in [0.4, 0.5) is 5.69 Å². The van der Waals surface area contributed by atoms with Crippen molar-refractivity contribution >= 4 is 43.0 Å². The van der Waals surface area contributed by atoms with E-state index in [1.54, 1.807) is 18.2 Å². The molecule has 0 aliphatic carbocycles. The number of nitrogens with two attached hydrogens (primary N) is 1. The summed E-state index contributed by atoms with van der Waals surface area (Å²) in [4.78, 5) is 1.04. The summed E-state index contributed by atoms with van der Waals surface area (Å²) in [6.07, 6.45) is 0. The molecule has 2 aromatic rings. The minimum absolute atomic E-state index is 0.224. The minimum Gasteiger partial charge on any atom is -0.326 e. The highest BCUT2D eigenvalue weighted by molar-refractivity contribution is 9.11. The first-order valence-corrected chi connectivity index (χ1v) is 9.00. The Kier molecular flexibility index (Phi) is 4.53. The van der Waals surface area contributed by atoms with E-state index in [2.05, 4.69) is 20.7 Å². The second-order valence-electron chi connectivity index (χ2n) is 4.54. The van der Waals surface area contributed by atoms with Crippen molar-refractivity contribution in [1.82, 2.24) is 0 Å². The van der Waals surface area contributed by atoms with E-state index in [1.165, 1.54) is 11.3 Å². The fourth-order valence-electron chi connectivity index (χ4n) is 1.93. The molecule has 0 fully saturated rings. The topological polar surface area (TPSA) is 72.2 Å². The predicted molar refractivity (Wildman–Crippen MR) is 86.6 cm³/mol. The number of thiophene rings is 1. The van der Waals surface area contributed by atoms with Crippen molar-refractivity contribution in [2.24, 2.45) is 5.73 Å². The summed E-state index contributed by atoms with van der Waals surface area (Å²) in [7, 11) is -3.61. The number of anilines is 1. The van der Waals surface area contributed by atoms with E-state index in [4.69, 9.17) is 5.73 Å². The van der Waals surface area contributed by atoms with Crippen molar-refractivity contribution in [3.8, 4) is 0 Å². The molecular formula is C13H15BrN2O2S2. The third-order valence-corrected chi connectivity index (χ3v) is 6.33. The van der Waals surface area contributed by atoms with Crippen LogP contribution in [0.2, 0.25) is 0 Å². The minimum atomic E-state index is -3.61. The first-order valence-electron chi connectivity index (χ1n) is 5.91. The maximum absolute atomic E-state index is 12.4. The molecule has 1 heterocycles. The smallest absolute Gasteiger partial charge is 0.263 e. The van der Waals surface area contributed by atoms with Crippen molar-refractivity contribution in [1.29, 1.82) is 0 Å². The summed E-state index contributed by atoms with van der Waals surface area (Å²) in [6.45, 7) is 4.18. The molecule has 0 radical (unpaired) electrons.